The SMILES string of the molecule is Brc1ccc(C2=Nc3ncccc3C(c3ccccc3)N2)cc1. The molecular weight excluding hydrogens is 350 g/mol. The molecule has 4 rings (SSSR count). The van der Waals surface area contributed by atoms with E-state index < -0.39 is 0 Å². The number of benzene rings is 2. The van der Waals surface area contributed by atoms with Crippen molar-refractivity contribution >= 4 is 27.6 Å². The van der Waals surface area contributed by atoms with Gasteiger partial charge in [0.15, 0.2) is 5.82 Å². The van der Waals surface area contributed by atoms with Crippen molar-refractivity contribution in [1.29, 1.82) is 0 Å². The van der Waals surface area contributed by atoms with Crippen LogP contribution in [-0.2, 0) is 0 Å². The number of aromatic nitrogens is 1. The van der Waals surface area contributed by atoms with Gasteiger partial charge in [0.1, 0.15) is 5.84 Å². The van der Waals surface area contributed by atoms with Gasteiger partial charge in [-0.2, -0.15) is 0 Å². The zero-order valence-corrected chi connectivity index (χ0v) is 13.9. The number of hydrogen-bond acceptors (Lipinski definition) is 3. The van der Waals surface area contributed by atoms with Crippen LogP contribution in [0, 0.1) is 0 Å². The molecule has 23 heavy (non-hydrogen) atoms. The highest BCUT2D eigenvalue weighted by molar-refractivity contribution is 9.10. The van der Waals surface area contributed by atoms with E-state index in [-0.39, 0.29) is 6.04 Å². The van der Waals surface area contributed by atoms with E-state index in [1.807, 2.05) is 36.4 Å². The van der Waals surface area contributed by atoms with Crippen molar-refractivity contribution in [3.63, 3.8) is 0 Å². The minimum Gasteiger partial charge on any atom is -0.358 e. The Bertz CT molecular complexity index is 857. The van der Waals surface area contributed by atoms with Crippen LogP contribution >= 0.6 is 15.9 Å². The highest BCUT2D eigenvalue weighted by Gasteiger charge is 2.24. The number of aliphatic imine (C=N–C) groups is 1. The lowest BCUT2D eigenvalue weighted by atomic mass is 9.97. The molecule has 2 heterocycles. The van der Waals surface area contributed by atoms with Crippen molar-refractivity contribution in [2.24, 2.45) is 4.99 Å². The number of rotatable bonds is 2. The molecule has 1 unspecified atom stereocenters. The van der Waals surface area contributed by atoms with Gasteiger partial charge in [-0.15, -0.1) is 0 Å². The van der Waals surface area contributed by atoms with Crippen LogP contribution < -0.4 is 5.32 Å². The van der Waals surface area contributed by atoms with E-state index in [1.54, 1.807) is 6.20 Å². The van der Waals surface area contributed by atoms with Crippen molar-refractivity contribution in [2.75, 3.05) is 0 Å². The van der Waals surface area contributed by atoms with Crippen molar-refractivity contribution in [2.45, 2.75) is 6.04 Å². The average molecular weight is 364 g/mol. The lowest BCUT2D eigenvalue weighted by molar-refractivity contribution is 0.743. The van der Waals surface area contributed by atoms with Crippen LogP contribution in [0.5, 0.6) is 0 Å². The van der Waals surface area contributed by atoms with Crippen molar-refractivity contribution < 1.29 is 0 Å². The molecule has 0 bridgehead atoms. The molecule has 4 heteroatoms. The van der Waals surface area contributed by atoms with Crippen molar-refractivity contribution in [1.82, 2.24) is 10.3 Å². The number of fused-ring (bicyclic) bond motifs is 1. The summed E-state index contributed by atoms with van der Waals surface area (Å²) in [7, 11) is 0. The molecule has 3 nitrogen and oxygen atoms in total. The molecule has 0 amide bonds. The van der Waals surface area contributed by atoms with Gasteiger partial charge < -0.3 is 5.32 Å². The summed E-state index contributed by atoms with van der Waals surface area (Å²) >= 11 is 3.47. The van der Waals surface area contributed by atoms with Gasteiger partial charge in [-0.25, -0.2) is 9.98 Å². The summed E-state index contributed by atoms with van der Waals surface area (Å²) in [5, 5.41) is 3.56. The molecule has 3 aromatic rings. The third kappa shape index (κ3) is 2.78. The average Bonchev–Trinajstić information content (AvgIpc) is 2.62. The molecule has 0 fully saturated rings. The van der Waals surface area contributed by atoms with E-state index in [0.29, 0.717) is 0 Å². The molecule has 0 saturated carbocycles. The van der Waals surface area contributed by atoms with Crippen molar-refractivity contribution in [3.05, 3.63) is 94.1 Å². The minimum atomic E-state index is 0.0519. The quantitative estimate of drug-likeness (QED) is 0.721. The smallest absolute Gasteiger partial charge is 0.159 e. The van der Waals surface area contributed by atoms with Gasteiger partial charge in [-0.3, -0.25) is 0 Å². The Balaban J connectivity index is 1.82. The molecule has 1 aliphatic heterocycles. The predicted octanol–water partition coefficient (Wildman–Crippen LogP) is 4.62. The van der Waals surface area contributed by atoms with Gasteiger partial charge in [-0.05, 0) is 23.8 Å². The summed E-state index contributed by atoms with van der Waals surface area (Å²) in [6.45, 7) is 0. The van der Waals surface area contributed by atoms with Gasteiger partial charge in [0.05, 0.1) is 6.04 Å². The zero-order valence-electron chi connectivity index (χ0n) is 12.3. The van der Waals surface area contributed by atoms with Crippen LogP contribution in [0.3, 0.4) is 0 Å². The highest BCUT2D eigenvalue weighted by Crippen LogP contribution is 2.32. The van der Waals surface area contributed by atoms with Crippen LogP contribution in [-0.4, -0.2) is 10.8 Å². The zero-order chi connectivity index (χ0) is 15.6. The fourth-order valence-electron chi connectivity index (χ4n) is 2.74. The molecule has 0 radical (unpaired) electrons. The van der Waals surface area contributed by atoms with E-state index in [0.717, 1.165) is 27.3 Å². The summed E-state index contributed by atoms with van der Waals surface area (Å²) in [5.41, 5.74) is 3.34. The molecule has 1 N–H and O–H groups in total. The Kier molecular flexibility index (Phi) is 3.67. The van der Waals surface area contributed by atoms with Gasteiger partial charge in [0.25, 0.3) is 0 Å². The van der Waals surface area contributed by atoms with Crippen LogP contribution in [0.1, 0.15) is 22.7 Å². The van der Waals surface area contributed by atoms with Crippen LogP contribution in [0.25, 0.3) is 0 Å². The minimum absolute atomic E-state index is 0.0519. The molecule has 1 atom stereocenters. The van der Waals surface area contributed by atoms with Gasteiger partial charge in [-0.1, -0.05) is 64.5 Å². The maximum Gasteiger partial charge on any atom is 0.159 e. The summed E-state index contributed by atoms with van der Waals surface area (Å²) in [6, 6.07) is 22.6. The predicted molar refractivity (Wildman–Crippen MR) is 96.0 cm³/mol. The van der Waals surface area contributed by atoms with Gasteiger partial charge >= 0.3 is 0 Å². The Morgan fingerprint density at radius 3 is 2.43 bits per heavy atom. The molecule has 1 aromatic heterocycles. The lowest BCUT2D eigenvalue weighted by Gasteiger charge is -2.27. The fraction of sp³-hybridized carbons (Fsp3) is 0.0526. The molecule has 0 spiro atoms. The van der Waals surface area contributed by atoms with Crippen LogP contribution in [0.4, 0.5) is 5.82 Å². The lowest BCUT2D eigenvalue weighted by Crippen LogP contribution is -2.33. The Labute approximate surface area is 143 Å². The number of nitrogens with zero attached hydrogens (tertiary/aromatic N) is 2. The first-order chi connectivity index (χ1) is 11.3. The molecule has 112 valence electrons. The molecule has 0 aliphatic carbocycles. The second-order valence-electron chi connectivity index (χ2n) is 5.37. The number of halogens is 1. The van der Waals surface area contributed by atoms with Gasteiger partial charge in [0.2, 0.25) is 0 Å². The Hall–Kier alpha value is -2.46. The molecule has 0 saturated heterocycles. The summed E-state index contributed by atoms with van der Waals surface area (Å²) < 4.78 is 1.05. The number of hydrogen-bond donors (Lipinski definition) is 1. The largest absolute Gasteiger partial charge is 0.358 e. The number of nitrogens with one attached hydrogen (secondary N) is 1. The summed E-state index contributed by atoms with van der Waals surface area (Å²) in [6.07, 6.45) is 1.79. The molecule has 1 aliphatic rings. The summed E-state index contributed by atoms with van der Waals surface area (Å²) in [5.74, 6) is 1.62. The monoisotopic (exact) mass is 363 g/mol. The fourth-order valence-corrected chi connectivity index (χ4v) is 3.01. The first-order valence-corrected chi connectivity index (χ1v) is 8.21. The van der Waals surface area contributed by atoms with E-state index in [9.17, 15) is 0 Å². The van der Waals surface area contributed by atoms with Gasteiger partial charge in [0, 0.05) is 21.8 Å². The second-order valence-corrected chi connectivity index (χ2v) is 6.29. The normalized spacial score (nSPS) is 16.2. The van der Waals surface area contributed by atoms with Crippen LogP contribution in [0.15, 0.2) is 82.4 Å². The van der Waals surface area contributed by atoms with E-state index in [1.165, 1.54) is 5.56 Å². The first-order valence-electron chi connectivity index (χ1n) is 7.42. The number of pyridine rings is 1. The molecule has 2 aromatic carbocycles. The third-order valence-corrected chi connectivity index (χ3v) is 4.41. The third-order valence-electron chi connectivity index (χ3n) is 3.88. The van der Waals surface area contributed by atoms with E-state index >= 15 is 0 Å². The number of amidine groups is 1. The Morgan fingerprint density at radius 2 is 1.65 bits per heavy atom. The van der Waals surface area contributed by atoms with E-state index in [2.05, 4.69) is 56.6 Å². The highest BCUT2D eigenvalue weighted by atomic mass is 79.9. The van der Waals surface area contributed by atoms with E-state index in [4.69, 9.17) is 4.99 Å². The summed E-state index contributed by atoms with van der Waals surface area (Å²) in [4.78, 5) is 9.15. The first kappa shape index (κ1) is 14.2. The van der Waals surface area contributed by atoms with Crippen LogP contribution in [0.2, 0.25) is 0 Å². The maximum atomic E-state index is 4.70. The standard InChI is InChI=1S/C19H14BrN3/c20-15-10-8-14(9-11-15)18-22-17(13-5-2-1-3-6-13)16-7-4-12-21-19(16)23-18/h1-12,17H,(H,21,22,23). The van der Waals surface area contributed by atoms with Crippen molar-refractivity contribution in [3.8, 4) is 0 Å². The molecular formula is C19H14BrN3. The Morgan fingerprint density at radius 1 is 0.870 bits per heavy atom. The topological polar surface area (TPSA) is 37.3 Å². The maximum absolute atomic E-state index is 4.70. The second kappa shape index (κ2) is 5.97.